The van der Waals surface area contributed by atoms with Crippen LogP contribution in [0.1, 0.15) is 6.92 Å². The molecule has 0 amide bonds. The van der Waals surface area contributed by atoms with Crippen molar-refractivity contribution in [3.63, 3.8) is 0 Å². The Balaban J connectivity index is -0.0000000400. The molecular formula is C2H10N2O3. The van der Waals surface area contributed by atoms with Crippen LogP contribution in [0.4, 0.5) is 0 Å². The largest absolute Gasteiger partial charge is 0.397 e. The van der Waals surface area contributed by atoms with E-state index in [0.717, 1.165) is 0 Å². The minimum absolute atomic E-state index is 0. The van der Waals surface area contributed by atoms with Gasteiger partial charge in [-0.3, -0.25) is 0 Å². The summed E-state index contributed by atoms with van der Waals surface area (Å²) in [7, 11) is 0. The molecule has 0 unspecified atom stereocenters. The molecule has 0 aromatic carbocycles. The zero-order chi connectivity index (χ0) is 5.41. The van der Waals surface area contributed by atoms with E-state index in [1.54, 1.807) is 6.92 Å². The molecule has 0 bridgehead atoms. The Morgan fingerprint density at radius 2 is 1.71 bits per heavy atom. The van der Waals surface area contributed by atoms with Crippen LogP contribution in [0.2, 0.25) is 0 Å². The maximum atomic E-state index is 8.11. The van der Waals surface area contributed by atoms with Gasteiger partial charge in [0.05, 0.1) is 0 Å². The van der Waals surface area contributed by atoms with Gasteiger partial charge >= 0.3 is 0 Å². The molecule has 5 N–H and O–H groups in total. The van der Waals surface area contributed by atoms with E-state index in [9.17, 15) is 0 Å². The van der Waals surface area contributed by atoms with E-state index in [1.165, 1.54) is 5.34 Å². The summed E-state index contributed by atoms with van der Waals surface area (Å²) in [5.74, 6) is 0. The van der Waals surface area contributed by atoms with E-state index in [-0.39, 0.29) is 12.8 Å². The van der Waals surface area contributed by atoms with Crippen molar-refractivity contribution in [1.29, 1.82) is 0 Å². The highest BCUT2D eigenvalue weighted by molar-refractivity contribution is 3.84. The fraction of sp³-hybridized carbons (Fsp3) is 1.00. The number of rotatable bonds is 0. The fourth-order valence-electron chi connectivity index (χ4n) is 0. The Morgan fingerprint density at radius 3 is 1.71 bits per heavy atom. The molecule has 5 heteroatoms. The van der Waals surface area contributed by atoms with Crippen LogP contribution in [0.25, 0.3) is 0 Å². The van der Waals surface area contributed by atoms with Crippen LogP contribution in [-0.2, 0) is 0 Å². The van der Waals surface area contributed by atoms with Crippen LogP contribution in [0.3, 0.4) is 0 Å². The Bertz CT molecular complexity index is 24.9. The molecular weight excluding hydrogens is 100 g/mol. The van der Waals surface area contributed by atoms with E-state index >= 15 is 0 Å². The van der Waals surface area contributed by atoms with E-state index in [2.05, 4.69) is 0 Å². The van der Waals surface area contributed by atoms with E-state index < -0.39 is 0 Å². The monoisotopic (exact) mass is 110 g/mol. The third kappa shape index (κ3) is 127. The maximum Gasteiger partial charge on any atom is 0.152 e. The zero-order valence-corrected chi connectivity index (χ0v) is 4.16. The van der Waals surface area contributed by atoms with Crippen LogP contribution in [0.15, 0.2) is 5.34 Å². The van der Waals surface area contributed by atoms with Gasteiger partial charge in [0.1, 0.15) is 0 Å². The number of nitrogens with zero attached hydrogens (tertiary/aromatic N) is 1. The SMILES string of the molecule is CCO.N.O=NO. The molecule has 0 fully saturated rings. The predicted octanol–water partition coefficient (Wildman–Crippen LogP) is 0.303. The number of hydrogen-bond donors (Lipinski definition) is 3. The van der Waals surface area contributed by atoms with E-state index in [1.807, 2.05) is 0 Å². The van der Waals surface area contributed by atoms with Crippen LogP contribution in [0, 0.1) is 4.91 Å². The van der Waals surface area contributed by atoms with Crippen molar-refractivity contribution in [3.05, 3.63) is 4.91 Å². The van der Waals surface area contributed by atoms with Gasteiger partial charge < -0.3 is 16.5 Å². The summed E-state index contributed by atoms with van der Waals surface area (Å²) >= 11 is 0. The Labute approximate surface area is 41.5 Å². The van der Waals surface area contributed by atoms with Gasteiger partial charge in [0.2, 0.25) is 0 Å². The molecule has 0 saturated heterocycles. The van der Waals surface area contributed by atoms with Crippen molar-refractivity contribution >= 4 is 0 Å². The van der Waals surface area contributed by atoms with Crippen LogP contribution >= 0.6 is 0 Å². The molecule has 7 heavy (non-hydrogen) atoms. The molecule has 5 nitrogen and oxygen atoms in total. The van der Waals surface area contributed by atoms with Gasteiger partial charge in [0.25, 0.3) is 0 Å². The van der Waals surface area contributed by atoms with E-state index in [4.69, 9.17) is 15.2 Å². The highest BCUT2D eigenvalue weighted by atomic mass is 16.6. The average molecular weight is 110 g/mol. The first-order chi connectivity index (χ1) is 2.83. The van der Waals surface area contributed by atoms with Gasteiger partial charge in [0.15, 0.2) is 5.34 Å². The lowest BCUT2D eigenvalue weighted by molar-refractivity contribution is 0.312. The number of aliphatic hydroxyl groups is 1. The first-order valence-electron chi connectivity index (χ1n) is 1.41. The summed E-state index contributed by atoms with van der Waals surface area (Å²) in [6.45, 7) is 1.93. The molecule has 0 aromatic heterocycles. The highest BCUT2D eigenvalue weighted by Crippen LogP contribution is 1.30. The van der Waals surface area contributed by atoms with Crippen molar-refractivity contribution in [2.45, 2.75) is 6.92 Å². The second-order valence-corrected chi connectivity index (χ2v) is 0.398. The Hall–Kier alpha value is -0.680. The second kappa shape index (κ2) is 57.0. The Kier molecular flexibility index (Phi) is 132. The van der Waals surface area contributed by atoms with Crippen molar-refractivity contribution in [2.24, 2.45) is 5.34 Å². The summed E-state index contributed by atoms with van der Waals surface area (Å²) in [6, 6.07) is 0. The van der Waals surface area contributed by atoms with Gasteiger partial charge in [0, 0.05) is 6.61 Å². The highest BCUT2D eigenvalue weighted by Gasteiger charge is 1.34. The normalized spacial score (nSPS) is 4.29. The van der Waals surface area contributed by atoms with Gasteiger partial charge in [-0.2, -0.15) is 0 Å². The van der Waals surface area contributed by atoms with Gasteiger partial charge in [-0.05, 0) is 6.92 Å². The fourth-order valence-corrected chi connectivity index (χ4v) is 0. The minimum Gasteiger partial charge on any atom is -0.397 e. The third-order valence-electron chi connectivity index (χ3n) is 0. The van der Waals surface area contributed by atoms with Crippen molar-refractivity contribution in [2.75, 3.05) is 6.61 Å². The molecule has 0 saturated carbocycles. The quantitative estimate of drug-likeness (QED) is 0.308. The van der Waals surface area contributed by atoms with Crippen molar-refractivity contribution in [3.8, 4) is 0 Å². The van der Waals surface area contributed by atoms with Gasteiger partial charge in [-0.25, -0.2) is 0 Å². The molecule has 0 rings (SSSR count). The lowest BCUT2D eigenvalue weighted by atomic mass is 10.9. The minimum atomic E-state index is 0. The summed E-state index contributed by atoms with van der Waals surface area (Å²) < 4.78 is 0. The van der Waals surface area contributed by atoms with Crippen LogP contribution in [0.5, 0.6) is 0 Å². The summed E-state index contributed by atoms with van der Waals surface area (Å²) in [5.41, 5.74) is 0. The lowest BCUT2D eigenvalue weighted by Crippen LogP contribution is -1.57. The molecule has 0 aliphatic carbocycles. The zero-order valence-electron chi connectivity index (χ0n) is 4.16. The standard InChI is InChI=1S/C2H6O.HNO2.H3N/c1-2-3;2-1-3;/h3H,2H2,1H3;(H,2,3);1H3. The lowest BCUT2D eigenvalue weighted by Gasteiger charge is -1.52. The van der Waals surface area contributed by atoms with E-state index in [0.29, 0.717) is 0 Å². The first kappa shape index (κ1) is 16.2. The van der Waals surface area contributed by atoms with Crippen molar-refractivity contribution in [1.82, 2.24) is 6.15 Å². The summed E-state index contributed by atoms with van der Waals surface area (Å²) in [4.78, 5) is 8.11. The van der Waals surface area contributed by atoms with Gasteiger partial charge in [-0.15, -0.1) is 4.91 Å². The topological polar surface area (TPSA) is 105 Å². The molecule has 0 atom stereocenters. The maximum absolute atomic E-state index is 8.11. The smallest absolute Gasteiger partial charge is 0.152 e. The first-order valence-corrected chi connectivity index (χ1v) is 1.41. The molecule has 0 aliphatic heterocycles. The molecule has 0 heterocycles. The average Bonchev–Trinajstić information content (AvgIpc) is 1.39. The second-order valence-electron chi connectivity index (χ2n) is 0.398. The van der Waals surface area contributed by atoms with Crippen LogP contribution < -0.4 is 6.15 Å². The molecule has 0 aromatic rings. The summed E-state index contributed by atoms with van der Waals surface area (Å²) in [6.07, 6.45) is 0. The third-order valence-corrected chi connectivity index (χ3v) is 0. The molecule has 0 spiro atoms. The molecule has 46 valence electrons. The summed E-state index contributed by atoms with van der Waals surface area (Å²) in [5, 5.41) is 15.5. The number of hydrogen-bond acceptors (Lipinski definition) is 4. The van der Waals surface area contributed by atoms with Crippen molar-refractivity contribution < 1.29 is 10.3 Å². The number of aliphatic hydroxyl groups excluding tert-OH is 1. The molecule has 0 radical (unpaired) electrons. The molecule has 0 aliphatic rings. The predicted molar refractivity (Wildman–Crippen MR) is 25.4 cm³/mol. The van der Waals surface area contributed by atoms with Crippen LogP contribution in [-0.4, -0.2) is 16.9 Å². The Morgan fingerprint density at radius 1 is 1.71 bits per heavy atom. The van der Waals surface area contributed by atoms with Gasteiger partial charge in [-0.1, -0.05) is 0 Å².